The van der Waals surface area contributed by atoms with Gasteiger partial charge in [-0.05, 0) is 49.9 Å². The summed E-state index contributed by atoms with van der Waals surface area (Å²) < 4.78 is 0. The molecule has 0 unspecified atom stereocenters. The Labute approximate surface area is 75.2 Å². The van der Waals surface area contributed by atoms with Gasteiger partial charge in [0.1, 0.15) is 0 Å². The third-order valence-corrected chi connectivity index (χ3v) is 4.04. The first-order valence-corrected chi connectivity index (χ1v) is 5.42. The lowest BCUT2D eigenvalue weighted by Gasteiger charge is -2.51. The van der Waals surface area contributed by atoms with E-state index in [2.05, 4.69) is 6.92 Å². The molecule has 2 aliphatic rings. The van der Waals surface area contributed by atoms with Crippen LogP contribution >= 0.6 is 0 Å². The van der Waals surface area contributed by atoms with Gasteiger partial charge in [0, 0.05) is 0 Å². The molecule has 0 bridgehead atoms. The van der Waals surface area contributed by atoms with Crippen LogP contribution in [0, 0.1) is 11.3 Å². The SMILES string of the molecule is CCC1CC2(CCC(O)CC2)C1. The Morgan fingerprint density at radius 1 is 1.25 bits per heavy atom. The highest BCUT2D eigenvalue weighted by atomic mass is 16.3. The van der Waals surface area contributed by atoms with Gasteiger partial charge >= 0.3 is 0 Å². The highest BCUT2D eigenvalue weighted by Gasteiger charge is 2.44. The van der Waals surface area contributed by atoms with Crippen LogP contribution in [0.3, 0.4) is 0 Å². The normalized spacial score (nSPS) is 47.5. The second-order valence-corrected chi connectivity index (χ2v) is 4.91. The molecule has 0 radical (unpaired) electrons. The first-order chi connectivity index (χ1) is 5.74. The van der Waals surface area contributed by atoms with Crippen molar-refractivity contribution in [1.82, 2.24) is 0 Å². The molecule has 2 saturated carbocycles. The topological polar surface area (TPSA) is 20.2 Å². The highest BCUT2D eigenvalue weighted by molar-refractivity contribution is 4.96. The zero-order valence-electron chi connectivity index (χ0n) is 8.05. The van der Waals surface area contributed by atoms with Crippen molar-refractivity contribution in [2.75, 3.05) is 0 Å². The van der Waals surface area contributed by atoms with E-state index in [-0.39, 0.29) is 6.10 Å². The molecule has 12 heavy (non-hydrogen) atoms. The number of hydrogen-bond donors (Lipinski definition) is 1. The lowest BCUT2D eigenvalue weighted by molar-refractivity contribution is -0.0257. The Balaban J connectivity index is 1.83. The molecule has 0 aromatic carbocycles. The Morgan fingerprint density at radius 3 is 2.33 bits per heavy atom. The molecule has 0 heterocycles. The molecule has 2 rings (SSSR count). The largest absolute Gasteiger partial charge is 0.393 e. The first kappa shape index (κ1) is 8.55. The fraction of sp³-hybridized carbons (Fsp3) is 1.00. The Hall–Kier alpha value is -0.0400. The van der Waals surface area contributed by atoms with Crippen molar-refractivity contribution >= 4 is 0 Å². The minimum absolute atomic E-state index is 0.0244. The minimum atomic E-state index is 0.0244. The van der Waals surface area contributed by atoms with Crippen molar-refractivity contribution in [2.24, 2.45) is 11.3 Å². The van der Waals surface area contributed by atoms with E-state index in [1.165, 1.54) is 32.1 Å². The zero-order chi connectivity index (χ0) is 8.60. The second-order valence-electron chi connectivity index (χ2n) is 4.91. The molecule has 1 heteroatoms. The maximum Gasteiger partial charge on any atom is 0.0540 e. The van der Waals surface area contributed by atoms with Crippen molar-refractivity contribution in [1.29, 1.82) is 0 Å². The number of rotatable bonds is 1. The maximum absolute atomic E-state index is 9.38. The van der Waals surface area contributed by atoms with E-state index in [4.69, 9.17) is 0 Å². The molecule has 0 aromatic heterocycles. The second kappa shape index (κ2) is 3.02. The van der Waals surface area contributed by atoms with Gasteiger partial charge in [-0.15, -0.1) is 0 Å². The predicted octanol–water partition coefficient (Wildman–Crippen LogP) is 2.73. The summed E-state index contributed by atoms with van der Waals surface area (Å²) in [6.07, 6.45) is 9.02. The maximum atomic E-state index is 9.38. The van der Waals surface area contributed by atoms with E-state index >= 15 is 0 Å². The summed E-state index contributed by atoms with van der Waals surface area (Å²) in [5, 5.41) is 9.38. The van der Waals surface area contributed by atoms with Crippen LogP contribution in [-0.2, 0) is 0 Å². The van der Waals surface area contributed by atoms with Crippen LogP contribution in [0.4, 0.5) is 0 Å². The van der Waals surface area contributed by atoms with Gasteiger partial charge in [-0.3, -0.25) is 0 Å². The van der Waals surface area contributed by atoms with Crippen LogP contribution < -0.4 is 0 Å². The fourth-order valence-corrected chi connectivity index (χ4v) is 3.08. The molecule has 0 aliphatic heterocycles. The average molecular weight is 168 g/mol. The van der Waals surface area contributed by atoms with E-state index in [0.717, 1.165) is 18.8 Å². The third-order valence-electron chi connectivity index (χ3n) is 4.04. The summed E-state index contributed by atoms with van der Waals surface area (Å²) in [5.41, 5.74) is 0.694. The smallest absolute Gasteiger partial charge is 0.0540 e. The quantitative estimate of drug-likeness (QED) is 0.638. The molecule has 1 nitrogen and oxygen atoms in total. The van der Waals surface area contributed by atoms with Gasteiger partial charge in [0.25, 0.3) is 0 Å². The van der Waals surface area contributed by atoms with Gasteiger partial charge in [-0.2, -0.15) is 0 Å². The monoisotopic (exact) mass is 168 g/mol. The van der Waals surface area contributed by atoms with E-state index in [9.17, 15) is 5.11 Å². The summed E-state index contributed by atoms with van der Waals surface area (Å²) in [5.74, 6) is 1.01. The first-order valence-electron chi connectivity index (χ1n) is 5.42. The molecule has 0 saturated heterocycles. The van der Waals surface area contributed by atoms with Crippen molar-refractivity contribution in [3.05, 3.63) is 0 Å². The molecule has 2 aliphatic carbocycles. The summed E-state index contributed by atoms with van der Waals surface area (Å²) in [7, 11) is 0. The van der Waals surface area contributed by atoms with Gasteiger partial charge in [0.15, 0.2) is 0 Å². The molecule has 2 fully saturated rings. The highest BCUT2D eigenvalue weighted by Crippen LogP contribution is 2.55. The van der Waals surface area contributed by atoms with Crippen molar-refractivity contribution in [2.45, 2.75) is 58.0 Å². The molecule has 70 valence electrons. The molecular formula is C11H20O. The summed E-state index contributed by atoms with van der Waals surface area (Å²) in [6, 6.07) is 0. The lowest BCUT2D eigenvalue weighted by Crippen LogP contribution is -2.40. The van der Waals surface area contributed by atoms with Gasteiger partial charge in [0.2, 0.25) is 0 Å². The van der Waals surface area contributed by atoms with Crippen molar-refractivity contribution in [3.8, 4) is 0 Å². The van der Waals surface area contributed by atoms with Crippen LogP contribution in [0.2, 0.25) is 0 Å². The van der Waals surface area contributed by atoms with E-state index in [1.54, 1.807) is 0 Å². The predicted molar refractivity (Wildman–Crippen MR) is 49.9 cm³/mol. The Bertz CT molecular complexity index is 141. The standard InChI is InChI=1S/C11H20O/c1-2-9-7-11(8-9)5-3-10(12)4-6-11/h9-10,12H,2-8H2,1H3. The fourth-order valence-electron chi connectivity index (χ4n) is 3.08. The lowest BCUT2D eigenvalue weighted by atomic mass is 9.55. The minimum Gasteiger partial charge on any atom is -0.393 e. The summed E-state index contributed by atoms with van der Waals surface area (Å²) in [4.78, 5) is 0. The molecule has 0 amide bonds. The van der Waals surface area contributed by atoms with Crippen molar-refractivity contribution < 1.29 is 5.11 Å². The molecule has 1 N–H and O–H groups in total. The third kappa shape index (κ3) is 1.39. The van der Waals surface area contributed by atoms with Crippen LogP contribution in [0.5, 0.6) is 0 Å². The van der Waals surface area contributed by atoms with E-state index in [0.29, 0.717) is 5.41 Å². The summed E-state index contributed by atoms with van der Waals surface area (Å²) >= 11 is 0. The molecular weight excluding hydrogens is 148 g/mol. The Morgan fingerprint density at radius 2 is 1.83 bits per heavy atom. The van der Waals surface area contributed by atoms with Crippen LogP contribution in [0.15, 0.2) is 0 Å². The van der Waals surface area contributed by atoms with Crippen LogP contribution in [-0.4, -0.2) is 11.2 Å². The van der Waals surface area contributed by atoms with E-state index < -0.39 is 0 Å². The Kier molecular flexibility index (Phi) is 2.16. The van der Waals surface area contributed by atoms with Crippen LogP contribution in [0.25, 0.3) is 0 Å². The van der Waals surface area contributed by atoms with Gasteiger partial charge in [-0.25, -0.2) is 0 Å². The molecule has 0 aromatic rings. The van der Waals surface area contributed by atoms with Gasteiger partial charge < -0.3 is 5.11 Å². The number of hydrogen-bond acceptors (Lipinski definition) is 1. The zero-order valence-corrected chi connectivity index (χ0v) is 8.05. The molecule has 0 atom stereocenters. The van der Waals surface area contributed by atoms with Gasteiger partial charge in [-0.1, -0.05) is 13.3 Å². The van der Waals surface area contributed by atoms with E-state index in [1.807, 2.05) is 0 Å². The average Bonchev–Trinajstić information content (AvgIpc) is 2.02. The van der Waals surface area contributed by atoms with Crippen LogP contribution in [0.1, 0.15) is 51.9 Å². The number of aliphatic hydroxyl groups is 1. The van der Waals surface area contributed by atoms with Crippen molar-refractivity contribution in [3.63, 3.8) is 0 Å². The van der Waals surface area contributed by atoms with Gasteiger partial charge in [0.05, 0.1) is 6.10 Å². The molecule has 1 spiro atoms. The number of aliphatic hydroxyl groups excluding tert-OH is 1. The summed E-state index contributed by atoms with van der Waals surface area (Å²) in [6.45, 7) is 2.30.